The molecule has 0 radical (unpaired) electrons. The third-order valence-corrected chi connectivity index (χ3v) is 3.67. The number of aromatic carboxylic acids is 1. The van der Waals surface area contributed by atoms with Crippen LogP contribution in [-0.2, 0) is 4.74 Å². The first-order chi connectivity index (χ1) is 8.69. The number of aromatic nitrogens is 1. The van der Waals surface area contributed by atoms with Crippen LogP contribution >= 0.6 is 11.3 Å². The highest BCUT2D eigenvalue weighted by molar-refractivity contribution is 7.13. The van der Waals surface area contributed by atoms with Crippen molar-refractivity contribution in [3.8, 4) is 0 Å². The number of carboxylic acid groups (broad SMARTS) is 1. The molecule has 1 unspecified atom stereocenters. The van der Waals surface area contributed by atoms with Crippen molar-refractivity contribution in [2.75, 3.05) is 38.1 Å². The predicted octanol–water partition coefficient (Wildman–Crippen LogP) is 0.974. The molecule has 0 aliphatic carbocycles. The molecule has 0 bridgehead atoms. The minimum absolute atomic E-state index is 0.0854. The van der Waals surface area contributed by atoms with Crippen LogP contribution in [0.4, 0.5) is 5.13 Å². The summed E-state index contributed by atoms with van der Waals surface area (Å²) in [6.45, 7) is 6.45. The van der Waals surface area contributed by atoms with Gasteiger partial charge in [-0.3, -0.25) is 4.90 Å². The molecule has 0 amide bonds. The molecule has 0 aromatic carbocycles. The van der Waals surface area contributed by atoms with Gasteiger partial charge in [0.25, 0.3) is 0 Å². The van der Waals surface area contributed by atoms with Gasteiger partial charge in [-0.2, -0.15) is 0 Å². The van der Waals surface area contributed by atoms with Crippen molar-refractivity contribution in [3.05, 3.63) is 11.1 Å². The van der Waals surface area contributed by atoms with Gasteiger partial charge in [-0.05, 0) is 6.54 Å². The van der Waals surface area contributed by atoms with Gasteiger partial charge < -0.3 is 15.2 Å². The number of ether oxygens (including phenoxy) is 1. The average Bonchev–Trinajstić information content (AvgIpc) is 2.85. The zero-order chi connectivity index (χ0) is 13.0. The Bertz CT molecular complexity index is 410. The zero-order valence-corrected chi connectivity index (χ0v) is 11.1. The molecule has 2 heterocycles. The van der Waals surface area contributed by atoms with E-state index in [-0.39, 0.29) is 11.8 Å². The number of likely N-dealkylation sites (N-methyl/N-ethyl adjacent to an activating group) is 1. The summed E-state index contributed by atoms with van der Waals surface area (Å²) in [7, 11) is 0. The lowest BCUT2D eigenvalue weighted by atomic mass is 10.2. The zero-order valence-electron chi connectivity index (χ0n) is 10.3. The van der Waals surface area contributed by atoms with Crippen molar-refractivity contribution in [2.45, 2.75) is 13.0 Å². The standard InChI is InChI=1S/C11H17N3O3S/c1-2-14-3-4-17-8(6-14)5-12-11-13-9(7-18-11)10(15)16/h7-8H,2-6H2,1H3,(H,12,13)(H,15,16). The smallest absolute Gasteiger partial charge is 0.355 e. The van der Waals surface area contributed by atoms with Crippen LogP contribution in [-0.4, -0.2) is 59.8 Å². The number of nitrogens with zero attached hydrogens (tertiary/aromatic N) is 2. The van der Waals surface area contributed by atoms with Gasteiger partial charge >= 0.3 is 5.97 Å². The lowest BCUT2D eigenvalue weighted by molar-refractivity contribution is -0.0191. The van der Waals surface area contributed by atoms with Crippen molar-refractivity contribution in [1.82, 2.24) is 9.88 Å². The Balaban J connectivity index is 1.81. The van der Waals surface area contributed by atoms with E-state index < -0.39 is 5.97 Å². The van der Waals surface area contributed by atoms with Gasteiger partial charge in [-0.25, -0.2) is 9.78 Å². The van der Waals surface area contributed by atoms with Crippen LogP contribution in [0.1, 0.15) is 17.4 Å². The number of carboxylic acids is 1. The number of hydrogen-bond donors (Lipinski definition) is 2. The normalized spacial score (nSPS) is 20.8. The van der Waals surface area contributed by atoms with Crippen molar-refractivity contribution in [1.29, 1.82) is 0 Å². The molecule has 18 heavy (non-hydrogen) atoms. The highest BCUT2D eigenvalue weighted by Crippen LogP contribution is 2.16. The van der Waals surface area contributed by atoms with Crippen LogP contribution in [0.25, 0.3) is 0 Å². The fraction of sp³-hybridized carbons (Fsp3) is 0.636. The SMILES string of the molecule is CCN1CCOC(CNc2nc(C(=O)O)cs2)C1. The largest absolute Gasteiger partial charge is 0.476 e. The Morgan fingerprint density at radius 3 is 3.28 bits per heavy atom. The summed E-state index contributed by atoms with van der Waals surface area (Å²) in [5, 5.41) is 14.1. The van der Waals surface area contributed by atoms with Crippen LogP contribution in [0.5, 0.6) is 0 Å². The number of thiazole rings is 1. The van der Waals surface area contributed by atoms with Crippen LogP contribution < -0.4 is 5.32 Å². The first-order valence-electron chi connectivity index (χ1n) is 5.95. The molecule has 1 aliphatic rings. The predicted molar refractivity (Wildman–Crippen MR) is 69.4 cm³/mol. The number of nitrogens with one attached hydrogen (secondary N) is 1. The molecule has 2 rings (SSSR count). The molecule has 1 aromatic heterocycles. The number of hydrogen-bond acceptors (Lipinski definition) is 6. The van der Waals surface area contributed by atoms with Crippen molar-refractivity contribution in [3.63, 3.8) is 0 Å². The van der Waals surface area contributed by atoms with E-state index in [0.717, 1.165) is 26.2 Å². The maximum atomic E-state index is 10.7. The van der Waals surface area contributed by atoms with Gasteiger partial charge in [0.2, 0.25) is 0 Å². The van der Waals surface area contributed by atoms with E-state index in [2.05, 4.69) is 22.1 Å². The summed E-state index contributed by atoms with van der Waals surface area (Å²) in [5.41, 5.74) is 0.0854. The van der Waals surface area contributed by atoms with E-state index in [1.54, 1.807) is 0 Å². The molecule has 6 nitrogen and oxygen atoms in total. The van der Waals surface area contributed by atoms with E-state index in [0.29, 0.717) is 11.7 Å². The summed E-state index contributed by atoms with van der Waals surface area (Å²) in [6, 6.07) is 0. The van der Waals surface area contributed by atoms with Gasteiger partial charge in [-0.15, -0.1) is 11.3 Å². The van der Waals surface area contributed by atoms with Gasteiger partial charge in [-0.1, -0.05) is 6.92 Å². The maximum absolute atomic E-state index is 10.7. The first kappa shape index (κ1) is 13.3. The molecule has 1 atom stereocenters. The van der Waals surface area contributed by atoms with E-state index >= 15 is 0 Å². The van der Waals surface area contributed by atoms with Crippen LogP contribution in [0.2, 0.25) is 0 Å². The summed E-state index contributed by atoms with van der Waals surface area (Å²) in [6.07, 6.45) is 0.135. The number of anilines is 1. The molecule has 1 saturated heterocycles. The van der Waals surface area contributed by atoms with Crippen LogP contribution in [0.3, 0.4) is 0 Å². The minimum atomic E-state index is -0.995. The molecule has 2 N–H and O–H groups in total. The summed E-state index contributed by atoms with van der Waals surface area (Å²) in [4.78, 5) is 17.0. The second-order valence-corrected chi connectivity index (χ2v) is 4.97. The fourth-order valence-electron chi connectivity index (χ4n) is 1.85. The molecule has 1 fully saturated rings. The Morgan fingerprint density at radius 2 is 2.61 bits per heavy atom. The van der Waals surface area contributed by atoms with E-state index in [4.69, 9.17) is 9.84 Å². The van der Waals surface area contributed by atoms with Gasteiger partial charge in [0.05, 0.1) is 12.7 Å². The fourth-order valence-corrected chi connectivity index (χ4v) is 2.54. The lowest BCUT2D eigenvalue weighted by Crippen LogP contribution is -2.45. The topological polar surface area (TPSA) is 74.7 Å². The quantitative estimate of drug-likeness (QED) is 0.831. The molecule has 0 spiro atoms. The first-order valence-corrected chi connectivity index (χ1v) is 6.83. The second kappa shape index (κ2) is 6.12. The van der Waals surface area contributed by atoms with Crippen molar-refractivity contribution in [2.24, 2.45) is 0 Å². The highest BCUT2D eigenvalue weighted by Gasteiger charge is 2.19. The van der Waals surface area contributed by atoms with Gasteiger partial charge in [0.15, 0.2) is 10.8 Å². The number of carbonyl (C=O) groups is 1. The maximum Gasteiger partial charge on any atom is 0.355 e. The summed E-state index contributed by atoms with van der Waals surface area (Å²) >= 11 is 1.30. The Hall–Kier alpha value is -1.18. The third-order valence-electron chi connectivity index (χ3n) is 2.87. The molecule has 1 aromatic rings. The summed E-state index contributed by atoms with van der Waals surface area (Å²) < 4.78 is 5.64. The van der Waals surface area contributed by atoms with Crippen LogP contribution in [0, 0.1) is 0 Å². The second-order valence-electron chi connectivity index (χ2n) is 4.11. The highest BCUT2D eigenvalue weighted by atomic mass is 32.1. The molecule has 0 saturated carbocycles. The Labute approximate surface area is 110 Å². The monoisotopic (exact) mass is 271 g/mol. The minimum Gasteiger partial charge on any atom is -0.476 e. The number of rotatable bonds is 5. The van der Waals surface area contributed by atoms with E-state index in [1.165, 1.54) is 16.7 Å². The Kier molecular flexibility index (Phi) is 4.51. The lowest BCUT2D eigenvalue weighted by Gasteiger charge is -2.32. The van der Waals surface area contributed by atoms with Gasteiger partial charge in [0, 0.05) is 25.0 Å². The van der Waals surface area contributed by atoms with Crippen LogP contribution in [0.15, 0.2) is 5.38 Å². The van der Waals surface area contributed by atoms with E-state index in [1.807, 2.05) is 0 Å². The molecule has 100 valence electrons. The Morgan fingerprint density at radius 1 is 1.78 bits per heavy atom. The molecular weight excluding hydrogens is 254 g/mol. The third kappa shape index (κ3) is 3.41. The molecule has 7 heteroatoms. The van der Waals surface area contributed by atoms with Crippen molar-refractivity contribution >= 4 is 22.4 Å². The summed E-state index contributed by atoms with van der Waals surface area (Å²) in [5.74, 6) is -0.995. The van der Waals surface area contributed by atoms with E-state index in [9.17, 15) is 4.79 Å². The average molecular weight is 271 g/mol. The van der Waals surface area contributed by atoms with Gasteiger partial charge in [0.1, 0.15) is 0 Å². The van der Waals surface area contributed by atoms with Crippen molar-refractivity contribution < 1.29 is 14.6 Å². The number of morpholine rings is 1. The molecule has 1 aliphatic heterocycles. The molecular formula is C11H17N3O3S.